The van der Waals surface area contributed by atoms with Gasteiger partial charge in [0.1, 0.15) is 0 Å². The van der Waals surface area contributed by atoms with Gasteiger partial charge in [-0.15, -0.1) is 0 Å². The lowest BCUT2D eigenvalue weighted by atomic mass is 10.2. The second-order valence-electron chi connectivity index (χ2n) is 7.13. The lowest BCUT2D eigenvalue weighted by Gasteiger charge is -2.28. The molecule has 1 saturated heterocycles. The molecule has 0 bridgehead atoms. The normalized spacial score (nSPS) is 14.9. The van der Waals surface area contributed by atoms with E-state index in [1.165, 1.54) is 0 Å². The number of ether oxygens (including phenoxy) is 2. The highest BCUT2D eigenvalue weighted by atomic mass is 16.5. The molecule has 0 amide bonds. The molecule has 1 fully saturated rings. The summed E-state index contributed by atoms with van der Waals surface area (Å²) in [6.45, 7) is 8.74. The number of morpholine rings is 1. The Labute approximate surface area is 165 Å². The molecule has 3 aromatic rings. The number of methoxy groups -OCH3 is 1. The van der Waals surface area contributed by atoms with Crippen molar-refractivity contribution in [1.29, 1.82) is 0 Å². The van der Waals surface area contributed by atoms with E-state index in [1.54, 1.807) is 7.11 Å². The van der Waals surface area contributed by atoms with Crippen LogP contribution >= 0.6 is 0 Å². The van der Waals surface area contributed by atoms with E-state index in [-0.39, 0.29) is 0 Å². The highest BCUT2D eigenvalue weighted by molar-refractivity contribution is 5.73. The van der Waals surface area contributed by atoms with Gasteiger partial charge in [-0.25, -0.2) is 9.97 Å². The standard InChI is InChI=1S/C20H28N6O2/c1-4-5-17-14-26-18(16-12-21-25(13-16)8-9-27-3)15(2)22-20(26)19(23-17)24-6-10-28-11-7-24/h12-14H,4-11H2,1-3H3. The summed E-state index contributed by atoms with van der Waals surface area (Å²) in [6.07, 6.45) is 8.09. The van der Waals surface area contributed by atoms with Gasteiger partial charge in [0, 0.05) is 38.2 Å². The van der Waals surface area contributed by atoms with Gasteiger partial charge in [0.15, 0.2) is 11.5 Å². The van der Waals surface area contributed by atoms with Crippen LogP contribution in [-0.4, -0.2) is 64.2 Å². The zero-order chi connectivity index (χ0) is 19.5. The number of aryl methyl sites for hydroxylation is 2. The third-order valence-corrected chi connectivity index (χ3v) is 5.06. The van der Waals surface area contributed by atoms with Gasteiger partial charge in [0.2, 0.25) is 0 Å². The molecule has 4 rings (SSSR count). The van der Waals surface area contributed by atoms with Gasteiger partial charge in [0.05, 0.1) is 49.6 Å². The molecule has 3 aromatic heterocycles. The van der Waals surface area contributed by atoms with Gasteiger partial charge >= 0.3 is 0 Å². The first-order valence-corrected chi connectivity index (χ1v) is 9.94. The van der Waals surface area contributed by atoms with E-state index in [9.17, 15) is 0 Å². The van der Waals surface area contributed by atoms with Gasteiger partial charge < -0.3 is 14.4 Å². The summed E-state index contributed by atoms with van der Waals surface area (Å²) in [5, 5.41) is 4.48. The number of fused-ring (bicyclic) bond motifs is 1. The molecule has 0 unspecified atom stereocenters. The van der Waals surface area contributed by atoms with Gasteiger partial charge in [0.25, 0.3) is 0 Å². The third-order valence-electron chi connectivity index (χ3n) is 5.06. The third kappa shape index (κ3) is 3.62. The van der Waals surface area contributed by atoms with E-state index in [0.29, 0.717) is 6.61 Å². The maximum Gasteiger partial charge on any atom is 0.181 e. The van der Waals surface area contributed by atoms with Crippen molar-refractivity contribution in [3.8, 4) is 11.3 Å². The molecule has 8 nitrogen and oxygen atoms in total. The van der Waals surface area contributed by atoms with Crippen LogP contribution in [0.15, 0.2) is 18.6 Å². The summed E-state index contributed by atoms with van der Waals surface area (Å²) in [5.41, 5.74) is 5.10. The molecule has 0 aliphatic carbocycles. The van der Waals surface area contributed by atoms with Gasteiger partial charge in [-0.05, 0) is 13.3 Å². The molecular formula is C20H28N6O2. The minimum Gasteiger partial charge on any atom is -0.383 e. The van der Waals surface area contributed by atoms with Crippen molar-refractivity contribution in [3.63, 3.8) is 0 Å². The first-order chi connectivity index (χ1) is 13.7. The van der Waals surface area contributed by atoms with Crippen molar-refractivity contribution in [3.05, 3.63) is 30.0 Å². The fraction of sp³-hybridized carbons (Fsp3) is 0.550. The molecule has 0 saturated carbocycles. The smallest absolute Gasteiger partial charge is 0.181 e. The quantitative estimate of drug-likeness (QED) is 0.623. The van der Waals surface area contributed by atoms with Crippen molar-refractivity contribution >= 4 is 11.5 Å². The molecule has 0 aromatic carbocycles. The van der Waals surface area contributed by atoms with Crippen LogP contribution in [0.4, 0.5) is 5.82 Å². The Bertz CT molecular complexity index is 942. The fourth-order valence-electron chi connectivity index (χ4n) is 3.70. The first-order valence-electron chi connectivity index (χ1n) is 9.94. The summed E-state index contributed by atoms with van der Waals surface area (Å²) in [6, 6.07) is 0. The second-order valence-corrected chi connectivity index (χ2v) is 7.13. The number of anilines is 1. The van der Waals surface area contributed by atoms with Crippen LogP contribution in [-0.2, 0) is 22.4 Å². The molecule has 0 N–H and O–H groups in total. The van der Waals surface area contributed by atoms with Crippen LogP contribution < -0.4 is 4.90 Å². The molecule has 4 heterocycles. The van der Waals surface area contributed by atoms with Gasteiger partial charge in [-0.2, -0.15) is 5.10 Å². The Hall–Kier alpha value is -2.45. The molecule has 1 aliphatic heterocycles. The van der Waals surface area contributed by atoms with E-state index in [2.05, 4.69) is 40.6 Å². The van der Waals surface area contributed by atoms with Crippen LogP contribution in [0.25, 0.3) is 16.9 Å². The highest BCUT2D eigenvalue weighted by Gasteiger charge is 2.22. The van der Waals surface area contributed by atoms with Crippen LogP contribution in [0.1, 0.15) is 24.7 Å². The van der Waals surface area contributed by atoms with Crippen molar-refractivity contribution in [2.24, 2.45) is 0 Å². The molecule has 150 valence electrons. The summed E-state index contributed by atoms with van der Waals surface area (Å²) < 4.78 is 14.8. The molecule has 1 aliphatic rings. The van der Waals surface area contributed by atoms with Crippen molar-refractivity contribution in [2.75, 3.05) is 44.9 Å². The summed E-state index contributed by atoms with van der Waals surface area (Å²) in [4.78, 5) is 12.1. The predicted molar refractivity (Wildman–Crippen MR) is 108 cm³/mol. The zero-order valence-corrected chi connectivity index (χ0v) is 16.9. The lowest BCUT2D eigenvalue weighted by Crippen LogP contribution is -2.37. The molecular weight excluding hydrogens is 356 g/mol. The number of hydrogen-bond donors (Lipinski definition) is 0. The van der Waals surface area contributed by atoms with Crippen LogP contribution in [0.5, 0.6) is 0 Å². The second kappa shape index (κ2) is 8.28. The number of hydrogen-bond acceptors (Lipinski definition) is 6. The van der Waals surface area contributed by atoms with Crippen LogP contribution in [0.2, 0.25) is 0 Å². The largest absolute Gasteiger partial charge is 0.383 e. The fourth-order valence-corrected chi connectivity index (χ4v) is 3.70. The summed E-state index contributed by atoms with van der Waals surface area (Å²) in [5.74, 6) is 0.954. The van der Waals surface area contributed by atoms with E-state index in [1.807, 2.05) is 10.9 Å². The zero-order valence-electron chi connectivity index (χ0n) is 16.9. The molecule has 28 heavy (non-hydrogen) atoms. The van der Waals surface area contributed by atoms with E-state index in [4.69, 9.17) is 19.4 Å². The SMILES string of the molecule is CCCc1cn2c(-c3cnn(CCOC)c3)c(C)nc2c(N2CCOCC2)n1. The minimum atomic E-state index is 0.638. The van der Waals surface area contributed by atoms with Crippen LogP contribution in [0.3, 0.4) is 0 Å². The van der Waals surface area contributed by atoms with Gasteiger partial charge in [-0.1, -0.05) is 13.3 Å². The Balaban J connectivity index is 1.81. The number of nitrogens with zero attached hydrogens (tertiary/aromatic N) is 6. The van der Waals surface area contributed by atoms with Crippen LogP contribution in [0, 0.1) is 6.92 Å². The summed E-state index contributed by atoms with van der Waals surface area (Å²) in [7, 11) is 1.70. The molecule has 0 spiro atoms. The Morgan fingerprint density at radius 1 is 1.18 bits per heavy atom. The van der Waals surface area contributed by atoms with Gasteiger partial charge in [-0.3, -0.25) is 9.08 Å². The highest BCUT2D eigenvalue weighted by Crippen LogP contribution is 2.29. The predicted octanol–water partition coefficient (Wildman–Crippen LogP) is 2.34. The molecule has 0 atom stereocenters. The maximum absolute atomic E-state index is 5.53. The Morgan fingerprint density at radius 3 is 2.75 bits per heavy atom. The lowest BCUT2D eigenvalue weighted by molar-refractivity contribution is 0.122. The van der Waals surface area contributed by atoms with Crippen molar-refractivity contribution < 1.29 is 9.47 Å². The average molecular weight is 384 g/mol. The van der Waals surface area contributed by atoms with E-state index >= 15 is 0 Å². The topological polar surface area (TPSA) is 69.7 Å². The monoisotopic (exact) mass is 384 g/mol. The minimum absolute atomic E-state index is 0.638. The maximum atomic E-state index is 5.53. The first kappa shape index (κ1) is 18.9. The number of imidazole rings is 1. The Morgan fingerprint density at radius 2 is 2.00 bits per heavy atom. The molecule has 0 radical (unpaired) electrons. The number of rotatable bonds is 7. The average Bonchev–Trinajstić information content (AvgIpc) is 3.30. The van der Waals surface area contributed by atoms with E-state index < -0.39 is 0 Å². The van der Waals surface area contributed by atoms with E-state index in [0.717, 1.165) is 79.8 Å². The summed E-state index contributed by atoms with van der Waals surface area (Å²) >= 11 is 0. The molecule has 8 heteroatoms. The number of aromatic nitrogens is 5. The van der Waals surface area contributed by atoms with Crippen molar-refractivity contribution in [2.45, 2.75) is 33.2 Å². The van der Waals surface area contributed by atoms with Crippen molar-refractivity contribution in [1.82, 2.24) is 24.1 Å². The Kier molecular flexibility index (Phi) is 5.59.